The second-order valence-electron chi connectivity index (χ2n) is 8.04. The van der Waals surface area contributed by atoms with E-state index in [0.29, 0.717) is 16.8 Å². The predicted molar refractivity (Wildman–Crippen MR) is 123 cm³/mol. The third-order valence-electron chi connectivity index (χ3n) is 6.03. The van der Waals surface area contributed by atoms with Crippen molar-refractivity contribution in [1.82, 2.24) is 0 Å². The first-order valence-electron chi connectivity index (χ1n) is 10.5. The van der Waals surface area contributed by atoms with Crippen LogP contribution in [0.5, 0.6) is 0 Å². The van der Waals surface area contributed by atoms with E-state index in [-0.39, 0.29) is 11.3 Å². The topological polar surface area (TPSA) is 57.6 Å². The zero-order chi connectivity index (χ0) is 23.0. The number of rotatable bonds is 4. The van der Waals surface area contributed by atoms with Gasteiger partial charge in [0.15, 0.2) is 0 Å². The van der Waals surface area contributed by atoms with Crippen molar-refractivity contribution in [3.63, 3.8) is 0 Å². The van der Waals surface area contributed by atoms with Crippen LogP contribution < -0.4 is 4.90 Å². The van der Waals surface area contributed by atoms with Gasteiger partial charge in [-0.15, -0.1) is 0 Å². The van der Waals surface area contributed by atoms with Gasteiger partial charge in [-0.05, 0) is 66.8 Å². The minimum atomic E-state index is -0.872. The third kappa shape index (κ3) is 3.71. The molecule has 3 aromatic rings. The normalized spacial score (nSPS) is 17.8. The zero-order valence-electron chi connectivity index (χ0n) is 18.2. The van der Waals surface area contributed by atoms with Crippen LogP contribution in [-0.2, 0) is 16.0 Å². The Kier molecular flexibility index (Phi) is 5.66. The van der Waals surface area contributed by atoms with E-state index in [1.54, 1.807) is 18.2 Å². The number of aliphatic hydroxyl groups is 1. The van der Waals surface area contributed by atoms with Gasteiger partial charge >= 0.3 is 0 Å². The van der Waals surface area contributed by atoms with Crippen LogP contribution in [0.15, 0.2) is 72.3 Å². The SMILES string of the molecule is CCc1ccc(/C(O)=C2\C(=O)C(=O)N(c3ccc(C)c(C)c3)C2c2ccc(F)cc2)cc1. The monoisotopic (exact) mass is 429 g/mol. The standard InChI is InChI=1S/C27H24FNO3/c1-4-18-6-8-20(9-7-18)25(30)23-24(19-10-12-21(28)13-11-19)29(27(32)26(23)31)22-14-5-16(2)17(3)15-22/h5-15,24,30H,4H2,1-3H3/b25-23+. The first-order chi connectivity index (χ1) is 15.3. The minimum absolute atomic E-state index is 0.0101. The van der Waals surface area contributed by atoms with E-state index in [1.165, 1.54) is 29.2 Å². The Morgan fingerprint density at radius 1 is 0.938 bits per heavy atom. The van der Waals surface area contributed by atoms with E-state index in [4.69, 9.17) is 0 Å². The number of hydrogen-bond acceptors (Lipinski definition) is 3. The molecule has 1 saturated heterocycles. The number of ketones is 1. The Bertz CT molecular complexity index is 1230. The number of Topliss-reactive ketones (excluding diaryl/α,β-unsaturated/α-hetero) is 1. The lowest BCUT2D eigenvalue weighted by atomic mass is 9.94. The Balaban J connectivity index is 1.92. The maximum atomic E-state index is 13.6. The molecule has 1 aliphatic heterocycles. The molecule has 162 valence electrons. The molecule has 1 N–H and O–H groups in total. The number of amides is 1. The van der Waals surface area contributed by atoms with Crippen molar-refractivity contribution in [1.29, 1.82) is 0 Å². The van der Waals surface area contributed by atoms with Crippen LogP contribution in [0.1, 0.15) is 40.8 Å². The van der Waals surface area contributed by atoms with Gasteiger partial charge in [0.2, 0.25) is 0 Å². The van der Waals surface area contributed by atoms with Gasteiger partial charge in [-0.2, -0.15) is 0 Å². The lowest BCUT2D eigenvalue weighted by Crippen LogP contribution is -2.29. The largest absolute Gasteiger partial charge is 0.507 e. The molecule has 0 spiro atoms. The molecule has 3 aromatic carbocycles. The number of benzene rings is 3. The van der Waals surface area contributed by atoms with E-state index in [2.05, 4.69) is 0 Å². The number of anilines is 1. The summed E-state index contributed by atoms with van der Waals surface area (Å²) in [4.78, 5) is 27.7. The maximum absolute atomic E-state index is 13.6. The molecule has 4 nitrogen and oxygen atoms in total. The number of carbonyl (C=O) groups excluding carboxylic acids is 2. The fourth-order valence-corrected chi connectivity index (χ4v) is 3.99. The Hall–Kier alpha value is -3.73. The molecule has 1 fully saturated rings. The van der Waals surface area contributed by atoms with Gasteiger partial charge in [-0.3, -0.25) is 14.5 Å². The summed E-state index contributed by atoms with van der Waals surface area (Å²) in [6.45, 7) is 5.92. The molecule has 0 aliphatic carbocycles. The first-order valence-corrected chi connectivity index (χ1v) is 10.5. The highest BCUT2D eigenvalue weighted by molar-refractivity contribution is 6.51. The van der Waals surface area contributed by atoms with Gasteiger partial charge in [0.05, 0.1) is 11.6 Å². The van der Waals surface area contributed by atoms with Crippen molar-refractivity contribution in [3.05, 3.63) is 106 Å². The van der Waals surface area contributed by atoms with Crippen LogP contribution in [0.3, 0.4) is 0 Å². The first kappa shape index (κ1) is 21.5. The second-order valence-corrected chi connectivity index (χ2v) is 8.04. The van der Waals surface area contributed by atoms with Gasteiger partial charge < -0.3 is 5.11 Å². The van der Waals surface area contributed by atoms with Crippen molar-refractivity contribution in [3.8, 4) is 0 Å². The molecule has 0 radical (unpaired) electrons. The molecule has 32 heavy (non-hydrogen) atoms. The Morgan fingerprint density at radius 3 is 2.19 bits per heavy atom. The van der Waals surface area contributed by atoms with E-state index < -0.39 is 23.5 Å². The molecule has 1 amide bonds. The molecular formula is C27H24FNO3. The number of carbonyl (C=O) groups is 2. The smallest absolute Gasteiger partial charge is 0.300 e. The van der Waals surface area contributed by atoms with Crippen molar-refractivity contribution in [2.45, 2.75) is 33.2 Å². The molecule has 0 saturated carbocycles. The molecule has 4 rings (SSSR count). The van der Waals surface area contributed by atoms with E-state index in [1.807, 2.05) is 45.0 Å². The second kappa shape index (κ2) is 8.42. The van der Waals surface area contributed by atoms with Crippen molar-refractivity contribution in [2.75, 3.05) is 4.90 Å². The third-order valence-corrected chi connectivity index (χ3v) is 6.03. The highest BCUT2D eigenvalue weighted by atomic mass is 19.1. The number of aliphatic hydroxyl groups excluding tert-OH is 1. The van der Waals surface area contributed by atoms with Gasteiger partial charge in [0.25, 0.3) is 11.7 Å². The predicted octanol–water partition coefficient (Wildman–Crippen LogP) is 5.63. The molecule has 1 heterocycles. The van der Waals surface area contributed by atoms with E-state index in [0.717, 1.165) is 23.1 Å². The molecule has 1 aliphatic rings. The van der Waals surface area contributed by atoms with Crippen LogP contribution >= 0.6 is 0 Å². The Labute approximate surface area is 186 Å². The van der Waals surface area contributed by atoms with Gasteiger partial charge in [-0.1, -0.05) is 49.4 Å². The quantitative estimate of drug-likeness (QED) is 0.332. The van der Waals surface area contributed by atoms with Crippen LogP contribution in [0.25, 0.3) is 5.76 Å². The zero-order valence-corrected chi connectivity index (χ0v) is 18.2. The highest BCUT2D eigenvalue weighted by Crippen LogP contribution is 2.42. The number of hydrogen-bond donors (Lipinski definition) is 1. The molecule has 0 aromatic heterocycles. The van der Waals surface area contributed by atoms with Gasteiger partial charge in [0.1, 0.15) is 11.6 Å². The molecule has 0 bridgehead atoms. The van der Waals surface area contributed by atoms with Crippen LogP contribution in [0.4, 0.5) is 10.1 Å². The molecular weight excluding hydrogens is 405 g/mol. The summed E-state index contributed by atoms with van der Waals surface area (Å²) < 4.78 is 13.6. The molecule has 1 unspecified atom stereocenters. The average Bonchev–Trinajstić information content (AvgIpc) is 3.06. The number of aryl methyl sites for hydroxylation is 3. The number of halogens is 1. The van der Waals surface area contributed by atoms with Crippen molar-refractivity contribution in [2.24, 2.45) is 0 Å². The van der Waals surface area contributed by atoms with E-state index in [9.17, 15) is 19.1 Å². The lowest BCUT2D eigenvalue weighted by molar-refractivity contribution is -0.132. The van der Waals surface area contributed by atoms with Crippen LogP contribution in [-0.4, -0.2) is 16.8 Å². The fourth-order valence-electron chi connectivity index (χ4n) is 3.99. The molecule has 1 atom stereocenters. The van der Waals surface area contributed by atoms with Crippen LogP contribution in [0.2, 0.25) is 0 Å². The summed E-state index contributed by atoms with van der Waals surface area (Å²) in [5.74, 6) is -2.16. The summed E-state index contributed by atoms with van der Waals surface area (Å²) in [5.41, 5.74) is 4.64. The van der Waals surface area contributed by atoms with E-state index >= 15 is 0 Å². The van der Waals surface area contributed by atoms with Gasteiger partial charge in [0, 0.05) is 11.3 Å². The fraction of sp³-hybridized carbons (Fsp3) is 0.185. The summed E-state index contributed by atoms with van der Waals surface area (Å²) in [6, 6.07) is 17.5. The molecule has 5 heteroatoms. The van der Waals surface area contributed by atoms with Crippen molar-refractivity contribution < 1.29 is 19.1 Å². The lowest BCUT2D eigenvalue weighted by Gasteiger charge is -2.26. The summed E-state index contributed by atoms with van der Waals surface area (Å²) in [6.07, 6.45) is 0.841. The number of nitrogens with zero attached hydrogens (tertiary/aromatic N) is 1. The minimum Gasteiger partial charge on any atom is -0.507 e. The maximum Gasteiger partial charge on any atom is 0.300 e. The summed E-state index contributed by atoms with van der Waals surface area (Å²) in [5, 5.41) is 11.1. The van der Waals surface area contributed by atoms with Crippen LogP contribution in [0, 0.1) is 19.7 Å². The van der Waals surface area contributed by atoms with Gasteiger partial charge in [-0.25, -0.2) is 4.39 Å². The summed E-state index contributed by atoms with van der Waals surface area (Å²) >= 11 is 0. The Morgan fingerprint density at radius 2 is 1.59 bits per heavy atom. The highest BCUT2D eigenvalue weighted by Gasteiger charge is 2.47. The van der Waals surface area contributed by atoms with Crippen molar-refractivity contribution >= 4 is 23.1 Å². The average molecular weight is 429 g/mol. The summed E-state index contributed by atoms with van der Waals surface area (Å²) in [7, 11) is 0.